The van der Waals surface area contributed by atoms with E-state index >= 15 is 0 Å². The molecule has 0 N–H and O–H groups in total. The van der Waals surface area contributed by atoms with Crippen LogP contribution in [-0.4, -0.2) is 37.1 Å². The Hall–Kier alpha value is -2.60. The molecule has 0 bridgehead atoms. The van der Waals surface area contributed by atoms with Gasteiger partial charge in [-0.15, -0.1) is 0 Å². The van der Waals surface area contributed by atoms with Gasteiger partial charge in [0.2, 0.25) is 0 Å². The SMILES string of the molecule is COc1ccc2c(c1OC)CCN(CCc1ccc([N+](=O)[O-])cc1)C2. The van der Waals surface area contributed by atoms with Crippen molar-refractivity contribution in [2.24, 2.45) is 0 Å². The Kier molecular flexibility index (Phi) is 5.19. The van der Waals surface area contributed by atoms with Gasteiger partial charge in [0.15, 0.2) is 11.5 Å². The molecule has 0 unspecified atom stereocenters. The minimum atomic E-state index is -0.368. The first kappa shape index (κ1) is 17.2. The molecule has 132 valence electrons. The van der Waals surface area contributed by atoms with Crippen LogP contribution in [0, 0.1) is 10.1 Å². The lowest BCUT2D eigenvalue weighted by molar-refractivity contribution is -0.384. The lowest BCUT2D eigenvalue weighted by Crippen LogP contribution is -2.32. The summed E-state index contributed by atoms with van der Waals surface area (Å²) in [6, 6.07) is 10.9. The fourth-order valence-electron chi connectivity index (χ4n) is 3.31. The third-order valence-electron chi connectivity index (χ3n) is 4.68. The summed E-state index contributed by atoms with van der Waals surface area (Å²) in [4.78, 5) is 12.7. The summed E-state index contributed by atoms with van der Waals surface area (Å²) in [6.45, 7) is 2.76. The molecule has 0 amide bonds. The van der Waals surface area contributed by atoms with Gasteiger partial charge < -0.3 is 9.47 Å². The van der Waals surface area contributed by atoms with Gasteiger partial charge in [0, 0.05) is 37.3 Å². The molecule has 1 heterocycles. The number of hydrogen-bond donors (Lipinski definition) is 0. The highest BCUT2D eigenvalue weighted by Gasteiger charge is 2.21. The van der Waals surface area contributed by atoms with E-state index in [0.717, 1.165) is 49.5 Å². The fraction of sp³-hybridized carbons (Fsp3) is 0.368. The fourth-order valence-corrected chi connectivity index (χ4v) is 3.31. The van der Waals surface area contributed by atoms with Gasteiger partial charge in [0.25, 0.3) is 5.69 Å². The zero-order valence-electron chi connectivity index (χ0n) is 14.5. The maximum absolute atomic E-state index is 10.7. The zero-order chi connectivity index (χ0) is 17.8. The Morgan fingerprint density at radius 3 is 2.52 bits per heavy atom. The highest BCUT2D eigenvalue weighted by atomic mass is 16.6. The molecule has 25 heavy (non-hydrogen) atoms. The van der Waals surface area contributed by atoms with Crippen LogP contribution in [-0.2, 0) is 19.4 Å². The van der Waals surface area contributed by atoms with Crippen LogP contribution >= 0.6 is 0 Å². The smallest absolute Gasteiger partial charge is 0.269 e. The van der Waals surface area contributed by atoms with Gasteiger partial charge in [-0.25, -0.2) is 0 Å². The second-order valence-corrected chi connectivity index (χ2v) is 6.14. The molecule has 0 spiro atoms. The molecule has 6 nitrogen and oxygen atoms in total. The van der Waals surface area contributed by atoms with Gasteiger partial charge in [-0.3, -0.25) is 15.0 Å². The molecule has 0 saturated carbocycles. The van der Waals surface area contributed by atoms with Crippen molar-refractivity contribution in [3.63, 3.8) is 0 Å². The van der Waals surface area contributed by atoms with E-state index in [-0.39, 0.29) is 10.6 Å². The van der Waals surface area contributed by atoms with E-state index in [1.807, 2.05) is 18.2 Å². The van der Waals surface area contributed by atoms with E-state index < -0.39 is 0 Å². The molecule has 1 aliphatic heterocycles. The molecule has 0 atom stereocenters. The Morgan fingerprint density at radius 2 is 1.88 bits per heavy atom. The van der Waals surface area contributed by atoms with Gasteiger partial charge in [-0.05, 0) is 30.0 Å². The highest BCUT2D eigenvalue weighted by molar-refractivity contribution is 5.51. The topological polar surface area (TPSA) is 64.8 Å². The third-order valence-corrected chi connectivity index (χ3v) is 4.68. The molecule has 1 aliphatic rings. The van der Waals surface area contributed by atoms with Crippen molar-refractivity contribution in [3.8, 4) is 11.5 Å². The Bertz CT molecular complexity index is 759. The molecule has 2 aromatic carbocycles. The number of ether oxygens (including phenoxy) is 2. The quantitative estimate of drug-likeness (QED) is 0.596. The molecule has 2 aromatic rings. The molecule has 0 fully saturated rings. The molecule has 0 aromatic heterocycles. The predicted octanol–water partition coefficient (Wildman–Crippen LogP) is 3.21. The summed E-state index contributed by atoms with van der Waals surface area (Å²) in [5.74, 6) is 1.62. The predicted molar refractivity (Wildman–Crippen MR) is 95.3 cm³/mol. The van der Waals surface area contributed by atoms with E-state index in [9.17, 15) is 10.1 Å². The largest absolute Gasteiger partial charge is 0.493 e. The maximum atomic E-state index is 10.7. The lowest BCUT2D eigenvalue weighted by Gasteiger charge is -2.30. The molecular weight excluding hydrogens is 320 g/mol. The van der Waals surface area contributed by atoms with Crippen LogP contribution in [0.2, 0.25) is 0 Å². The number of nitro benzene ring substituents is 1. The van der Waals surface area contributed by atoms with Crippen LogP contribution in [0.3, 0.4) is 0 Å². The number of benzene rings is 2. The van der Waals surface area contributed by atoms with Gasteiger partial charge in [-0.2, -0.15) is 0 Å². The molecular formula is C19H22N2O4. The van der Waals surface area contributed by atoms with Crippen molar-refractivity contribution in [3.05, 3.63) is 63.2 Å². The monoisotopic (exact) mass is 342 g/mol. The van der Waals surface area contributed by atoms with Crippen LogP contribution in [0.15, 0.2) is 36.4 Å². The van der Waals surface area contributed by atoms with Crippen molar-refractivity contribution in [2.75, 3.05) is 27.3 Å². The summed E-state index contributed by atoms with van der Waals surface area (Å²) in [5, 5.41) is 10.7. The second-order valence-electron chi connectivity index (χ2n) is 6.14. The number of fused-ring (bicyclic) bond motifs is 1. The van der Waals surface area contributed by atoms with Gasteiger partial charge in [-0.1, -0.05) is 18.2 Å². The number of hydrogen-bond acceptors (Lipinski definition) is 5. The normalized spacial score (nSPS) is 14.0. The average molecular weight is 342 g/mol. The van der Waals surface area contributed by atoms with Crippen molar-refractivity contribution >= 4 is 5.69 Å². The van der Waals surface area contributed by atoms with Crippen molar-refractivity contribution in [1.82, 2.24) is 4.90 Å². The summed E-state index contributed by atoms with van der Waals surface area (Å²) in [7, 11) is 3.34. The molecule has 6 heteroatoms. The van der Waals surface area contributed by atoms with E-state index in [1.165, 1.54) is 11.1 Å². The van der Waals surface area contributed by atoms with Gasteiger partial charge in [0.1, 0.15) is 0 Å². The summed E-state index contributed by atoms with van der Waals surface area (Å²) >= 11 is 0. The van der Waals surface area contributed by atoms with Gasteiger partial charge >= 0.3 is 0 Å². The van der Waals surface area contributed by atoms with Crippen LogP contribution in [0.25, 0.3) is 0 Å². The molecule has 0 saturated heterocycles. The van der Waals surface area contributed by atoms with E-state index in [4.69, 9.17) is 9.47 Å². The first-order valence-corrected chi connectivity index (χ1v) is 8.30. The third kappa shape index (κ3) is 3.74. The Labute approximate surface area is 147 Å². The van der Waals surface area contributed by atoms with Crippen LogP contribution in [0.4, 0.5) is 5.69 Å². The number of methoxy groups -OCH3 is 2. The minimum absolute atomic E-state index is 0.136. The average Bonchev–Trinajstić information content (AvgIpc) is 2.65. The molecule has 0 radical (unpaired) electrons. The number of nitro groups is 1. The zero-order valence-corrected chi connectivity index (χ0v) is 14.5. The summed E-state index contributed by atoms with van der Waals surface area (Å²) < 4.78 is 10.9. The lowest BCUT2D eigenvalue weighted by atomic mass is 9.97. The number of nitrogens with zero attached hydrogens (tertiary/aromatic N) is 2. The van der Waals surface area contributed by atoms with E-state index in [0.29, 0.717) is 0 Å². The van der Waals surface area contributed by atoms with Crippen LogP contribution < -0.4 is 9.47 Å². The van der Waals surface area contributed by atoms with Crippen molar-refractivity contribution in [2.45, 2.75) is 19.4 Å². The summed E-state index contributed by atoms with van der Waals surface area (Å²) in [5.41, 5.74) is 3.75. The van der Waals surface area contributed by atoms with Crippen LogP contribution in [0.1, 0.15) is 16.7 Å². The van der Waals surface area contributed by atoms with Gasteiger partial charge in [0.05, 0.1) is 19.1 Å². The van der Waals surface area contributed by atoms with E-state index in [2.05, 4.69) is 11.0 Å². The van der Waals surface area contributed by atoms with Crippen LogP contribution in [0.5, 0.6) is 11.5 Å². The minimum Gasteiger partial charge on any atom is -0.493 e. The standard InChI is InChI=1S/C19H22N2O4/c1-24-18-8-5-15-13-20(12-10-17(15)19(18)25-2)11-9-14-3-6-16(7-4-14)21(22)23/h3-8H,9-13H2,1-2H3. The maximum Gasteiger partial charge on any atom is 0.269 e. The highest BCUT2D eigenvalue weighted by Crippen LogP contribution is 2.36. The molecule has 3 rings (SSSR count). The van der Waals surface area contributed by atoms with E-state index in [1.54, 1.807) is 26.4 Å². The molecule has 0 aliphatic carbocycles. The van der Waals surface area contributed by atoms with Crippen molar-refractivity contribution < 1.29 is 14.4 Å². The van der Waals surface area contributed by atoms with Crippen molar-refractivity contribution in [1.29, 1.82) is 0 Å². The first-order chi connectivity index (χ1) is 12.1. The second kappa shape index (κ2) is 7.53. The Morgan fingerprint density at radius 1 is 1.12 bits per heavy atom. The Balaban J connectivity index is 1.64. The summed E-state index contributed by atoms with van der Waals surface area (Å²) in [6.07, 6.45) is 1.80. The number of rotatable bonds is 6. The first-order valence-electron chi connectivity index (χ1n) is 8.30. The number of non-ortho nitro benzene ring substituents is 1.